The van der Waals surface area contributed by atoms with E-state index >= 15 is 0 Å². The molecular formula is C9H17NO2. The second-order valence-electron chi connectivity index (χ2n) is 3.47. The highest BCUT2D eigenvalue weighted by atomic mass is 16.5. The first-order chi connectivity index (χ1) is 5.97. The van der Waals surface area contributed by atoms with Gasteiger partial charge in [-0.1, -0.05) is 0 Å². The Labute approximate surface area is 73.6 Å². The van der Waals surface area contributed by atoms with Gasteiger partial charge in [-0.3, -0.25) is 4.90 Å². The van der Waals surface area contributed by atoms with Gasteiger partial charge in [-0.2, -0.15) is 0 Å². The van der Waals surface area contributed by atoms with Crippen LogP contribution in [0, 0.1) is 0 Å². The molecule has 2 aliphatic rings. The van der Waals surface area contributed by atoms with Crippen molar-refractivity contribution >= 4 is 0 Å². The highest BCUT2D eigenvalue weighted by molar-refractivity contribution is 4.69. The van der Waals surface area contributed by atoms with Gasteiger partial charge in [0.15, 0.2) is 0 Å². The molecule has 2 fully saturated rings. The molecule has 3 heteroatoms. The van der Waals surface area contributed by atoms with Gasteiger partial charge >= 0.3 is 0 Å². The van der Waals surface area contributed by atoms with Crippen LogP contribution >= 0.6 is 0 Å². The van der Waals surface area contributed by atoms with Gasteiger partial charge in [-0.15, -0.1) is 0 Å². The van der Waals surface area contributed by atoms with Crippen LogP contribution in [0.4, 0.5) is 0 Å². The third-order valence-corrected chi connectivity index (χ3v) is 2.61. The van der Waals surface area contributed by atoms with Gasteiger partial charge in [0.25, 0.3) is 0 Å². The van der Waals surface area contributed by atoms with E-state index in [1.54, 1.807) is 0 Å². The maximum absolute atomic E-state index is 5.69. The monoisotopic (exact) mass is 171 g/mol. The molecule has 0 aromatic heterocycles. The number of nitrogens with zero attached hydrogens (tertiary/aromatic N) is 1. The van der Waals surface area contributed by atoms with E-state index < -0.39 is 0 Å². The Balaban J connectivity index is 1.80. The zero-order chi connectivity index (χ0) is 8.23. The molecule has 2 rings (SSSR count). The number of hydrogen-bond acceptors (Lipinski definition) is 3. The van der Waals surface area contributed by atoms with Crippen molar-refractivity contribution in [3.8, 4) is 0 Å². The lowest BCUT2D eigenvalue weighted by molar-refractivity contribution is -0.115. The van der Waals surface area contributed by atoms with Crippen molar-refractivity contribution in [2.75, 3.05) is 32.9 Å². The molecule has 70 valence electrons. The van der Waals surface area contributed by atoms with Crippen LogP contribution in [0.2, 0.25) is 0 Å². The van der Waals surface area contributed by atoms with Gasteiger partial charge in [-0.25, -0.2) is 0 Å². The summed E-state index contributed by atoms with van der Waals surface area (Å²) in [6.07, 6.45) is 4.16. The molecule has 1 atom stereocenters. The molecule has 0 aromatic carbocycles. The van der Waals surface area contributed by atoms with E-state index in [9.17, 15) is 0 Å². The second-order valence-corrected chi connectivity index (χ2v) is 3.47. The van der Waals surface area contributed by atoms with Crippen molar-refractivity contribution in [1.29, 1.82) is 0 Å². The zero-order valence-electron chi connectivity index (χ0n) is 7.50. The lowest BCUT2D eigenvalue weighted by atomic mass is 10.1. The SMILES string of the molecule is C1CCC(N2CCOCC2)OC1. The molecule has 0 spiro atoms. The van der Waals surface area contributed by atoms with E-state index in [0.717, 1.165) is 32.9 Å². The third kappa shape index (κ3) is 1.97. The summed E-state index contributed by atoms with van der Waals surface area (Å²) < 4.78 is 11.0. The molecule has 0 amide bonds. The topological polar surface area (TPSA) is 21.7 Å². The lowest BCUT2D eigenvalue weighted by Gasteiger charge is -2.36. The van der Waals surface area contributed by atoms with Gasteiger partial charge in [0, 0.05) is 19.7 Å². The van der Waals surface area contributed by atoms with E-state index in [1.807, 2.05) is 0 Å². The molecule has 1 unspecified atom stereocenters. The first-order valence-corrected chi connectivity index (χ1v) is 4.90. The molecule has 0 saturated carbocycles. The summed E-state index contributed by atoms with van der Waals surface area (Å²) in [6, 6.07) is 0. The van der Waals surface area contributed by atoms with Crippen LogP contribution in [0.1, 0.15) is 19.3 Å². The molecule has 12 heavy (non-hydrogen) atoms. The van der Waals surface area contributed by atoms with Gasteiger partial charge in [0.2, 0.25) is 0 Å². The quantitative estimate of drug-likeness (QED) is 0.583. The maximum atomic E-state index is 5.69. The highest BCUT2D eigenvalue weighted by Crippen LogP contribution is 2.17. The molecule has 2 saturated heterocycles. The van der Waals surface area contributed by atoms with E-state index in [-0.39, 0.29) is 0 Å². The van der Waals surface area contributed by atoms with Crippen LogP contribution in [-0.4, -0.2) is 44.0 Å². The number of morpholine rings is 1. The summed E-state index contributed by atoms with van der Waals surface area (Å²) in [5.74, 6) is 0. The standard InChI is InChI=1S/C9H17NO2/c1-2-6-12-9(3-1)10-4-7-11-8-5-10/h9H,1-8H2. The van der Waals surface area contributed by atoms with Crippen molar-refractivity contribution in [1.82, 2.24) is 4.90 Å². The normalized spacial score (nSPS) is 33.5. The lowest BCUT2D eigenvalue weighted by Crippen LogP contribution is -2.46. The van der Waals surface area contributed by atoms with E-state index in [0.29, 0.717) is 6.23 Å². The molecule has 0 aromatic rings. The number of rotatable bonds is 1. The Hall–Kier alpha value is -0.120. The Kier molecular flexibility index (Phi) is 2.98. The molecule has 2 aliphatic heterocycles. The summed E-state index contributed by atoms with van der Waals surface area (Å²) in [6.45, 7) is 4.79. The van der Waals surface area contributed by atoms with Crippen molar-refractivity contribution in [3.05, 3.63) is 0 Å². The maximum Gasteiger partial charge on any atom is 0.110 e. The minimum atomic E-state index is 0.391. The summed E-state index contributed by atoms with van der Waals surface area (Å²) >= 11 is 0. The van der Waals surface area contributed by atoms with Gasteiger partial charge in [0.1, 0.15) is 6.23 Å². The van der Waals surface area contributed by atoms with Crippen LogP contribution in [0.15, 0.2) is 0 Å². The first-order valence-electron chi connectivity index (χ1n) is 4.90. The molecule has 0 aliphatic carbocycles. The molecule has 0 bridgehead atoms. The summed E-state index contributed by atoms with van der Waals surface area (Å²) in [5.41, 5.74) is 0. The second kappa shape index (κ2) is 4.21. The largest absolute Gasteiger partial charge is 0.379 e. The Bertz CT molecular complexity index is 112. The Morgan fingerprint density at radius 1 is 1.00 bits per heavy atom. The van der Waals surface area contributed by atoms with Gasteiger partial charge < -0.3 is 9.47 Å². The van der Waals surface area contributed by atoms with Gasteiger partial charge in [0.05, 0.1) is 13.2 Å². The van der Waals surface area contributed by atoms with Crippen LogP contribution in [0.3, 0.4) is 0 Å². The molecule has 0 radical (unpaired) electrons. The molecule has 0 N–H and O–H groups in total. The molecule has 3 nitrogen and oxygen atoms in total. The highest BCUT2D eigenvalue weighted by Gasteiger charge is 2.22. The van der Waals surface area contributed by atoms with Crippen LogP contribution in [0.25, 0.3) is 0 Å². The van der Waals surface area contributed by atoms with Crippen LogP contribution in [-0.2, 0) is 9.47 Å². The van der Waals surface area contributed by atoms with Crippen LogP contribution in [0.5, 0.6) is 0 Å². The van der Waals surface area contributed by atoms with Crippen molar-refractivity contribution in [2.24, 2.45) is 0 Å². The predicted octanol–water partition coefficient (Wildman–Crippen LogP) is 0.845. The van der Waals surface area contributed by atoms with E-state index in [2.05, 4.69) is 4.90 Å². The predicted molar refractivity (Wildman–Crippen MR) is 46.0 cm³/mol. The first kappa shape index (κ1) is 8.48. The summed E-state index contributed by atoms with van der Waals surface area (Å²) in [4.78, 5) is 2.41. The smallest absolute Gasteiger partial charge is 0.110 e. The molecular weight excluding hydrogens is 154 g/mol. The fourth-order valence-corrected chi connectivity index (χ4v) is 1.88. The fourth-order valence-electron chi connectivity index (χ4n) is 1.88. The van der Waals surface area contributed by atoms with Crippen LogP contribution < -0.4 is 0 Å². The van der Waals surface area contributed by atoms with E-state index in [1.165, 1.54) is 19.3 Å². The number of hydrogen-bond donors (Lipinski definition) is 0. The Morgan fingerprint density at radius 2 is 1.83 bits per heavy atom. The Morgan fingerprint density at radius 3 is 2.50 bits per heavy atom. The molecule has 2 heterocycles. The third-order valence-electron chi connectivity index (χ3n) is 2.61. The zero-order valence-corrected chi connectivity index (χ0v) is 7.50. The van der Waals surface area contributed by atoms with Crippen molar-refractivity contribution in [2.45, 2.75) is 25.5 Å². The van der Waals surface area contributed by atoms with Crippen molar-refractivity contribution < 1.29 is 9.47 Å². The summed E-state index contributed by atoms with van der Waals surface area (Å²) in [5, 5.41) is 0. The minimum Gasteiger partial charge on any atom is -0.379 e. The average Bonchev–Trinajstić information content (AvgIpc) is 2.21. The fraction of sp³-hybridized carbons (Fsp3) is 1.00. The average molecular weight is 171 g/mol. The minimum absolute atomic E-state index is 0.391. The summed E-state index contributed by atoms with van der Waals surface area (Å²) in [7, 11) is 0. The van der Waals surface area contributed by atoms with E-state index in [4.69, 9.17) is 9.47 Å². The van der Waals surface area contributed by atoms with Gasteiger partial charge in [-0.05, 0) is 19.3 Å². The van der Waals surface area contributed by atoms with Crippen molar-refractivity contribution in [3.63, 3.8) is 0 Å². The number of ether oxygens (including phenoxy) is 2.